The van der Waals surface area contributed by atoms with Gasteiger partial charge in [-0.3, -0.25) is 4.79 Å². The molecule has 17 heteroatoms. The Balaban J connectivity index is 1.61. The number of cyclic esters (lactones) is 1. The minimum absolute atomic E-state index is 0.0223. The number of pyridine rings is 1. The third-order valence-corrected chi connectivity index (χ3v) is 10.5. The van der Waals surface area contributed by atoms with Gasteiger partial charge in [0.25, 0.3) is 0 Å². The first-order valence-electron chi connectivity index (χ1n) is 16.5. The van der Waals surface area contributed by atoms with Gasteiger partial charge < -0.3 is 33.3 Å². The van der Waals surface area contributed by atoms with E-state index in [1.165, 1.54) is 25.2 Å². The second kappa shape index (κ2) is 14.7. The molecule has 0 spiro atoms. The van der Waals surface area contributed by atoms with Crippen LogP contribution in [0.2, 0.25) is 0 Å². The van der Waals surface area contributed by atoms with Crippen LogP contribution in [0, 0.1) is 11.3 Å². The van der Waals surface area contributed by atoms with Crippen LogP contribution in [0.1, 0.15) is 70.8 Å². The lowest BCUT2D eigenvalue weighted by Gasteiger charge is -2.34. The summed E-state index contributed by atoms with van der Waals surface area (Å²) in [5.41, 5.74) is -5.46. The Labute approximate surface area is 288 Å². The Morgan fingerprint density at radius 2 is 1.80 bits per heavy atom. The number of esters is 1. The molecule has 3 atom stereocenters. The van der Waals surface area contributed by atoms with Crippen LogP contribution in [0.25, 0.3) is 10.9 Å². The predicted octanol–water partition coefficient (Wildman–Crippen LogP) is 5.03. The highest BCUT2D eigenvalue weighted by molar-refractivity contribution is 7.87. The zero-order chi connectivity index (χ0) is 36.4. The Bertz CT molecular complexity index is 1710. The van der Waals surface area contributed by atoms with Crippen LogP contribution in [0.15, 0.2) is 18.2 Å². The van der Waals surface area contributed by atoms with Gasteiger partial charge in [-0.1, -0.05) is 33.1 Å². The summed E-state index contributed by atoms with van der Waals surface area (Å²) in [6.45, 7) is 3.80. The maximum Gasteiger partial charge on any atom is 0.534 e. The molecule has 13 nitrogen and oxygen atoms in total. The summed E-state index contributed by atoms with van der Waals surface area (Å²) in [5, 5.41) is 3.09. The number of halogens is 3. The van der Waals surface area contributed by atoms with Crippen molar-refractivity contribution in [3.63, 3.8) is 0 Å². The molecule has 1 aliphatic carbocycles. The van der Waals surface area contributed by atoms with Gasteiger partial charge >= 0.3 is 27.7 Å². The van der Waals surface area contributed by atoms with Crippen molar-refractivity contribution in [3.05, 3.63) is 23.8 Å². The molecular weight excluding hydrogens is 687 g/mol. The number of rotatable bonds is 5. The van der Waals surface area contributed by atoms with Gasteiger partial charge in [0, 0.05) is 23.9 Å². The Hall–Kier alpha value is -4.02. The maximum atomic E-state index is 14.3. The molecule has 5 rings (SSSR count). The standard InChI is InChI=1S/C33H42F3N3O10S/c1-32(2)12-8-11-20-13-22-23(15-25(20)45-3)37-27(49-50(43,44)33(34,35)36)16-26(22)48-21-14-24(30(41)46-4)39(17-21)29(40)28(38-31(42)47-18-32)19-9-6-5-7-10-19/h13,15-16,19,21,24,28H,5-12,14,17-18H2,1-4H3,(H,38,42)/t21-,24+,28+/m1/s1. The van der Waals surface area contributed by atoms with Crippen LogP contribution in [0.3, 0.4) is 0 Å². The van der Waals surface area contributed by atoms with Gasteiger partial charge in [-0.2, -0.15) is 21.6 Å². The Morgan fingerprint density at radius 1 is 1.08 bits per heavy atom. The zero-order valence-corrected chi connectivity index (χ0v) is 29.2. The van der Waals surface area contributed by atoms with Gasteiger partial charge in [0.15, 0.2) is 0 Å². The maximum absolute atomic E-state index is 14.3. The van der Waals surface area contributed by atoms with E-state index in [1.54, 1.807) is 6.07 Å². The highest BCUT2D eigenvalue weighted by Crippen LogP contribution is 2.39. The fraction of sp³-hybridized carbons (Fsp3) is 0.636. The molecular formula is C33H42F3N3O10S. The first-order valence-corrected chi connectivity index (χ1v) is 17.9. The quantitative estimate of drug-likeness (QED) is 0.250. The van der Waals surface area contributed by atoms with Crippen LogP contribution in [-0.4, -0.2) is 87.3 Å². The molecule has 3 heterocycles. The van der Waals surface area contributed by atoms with Crippen molar-refractivity contribution in [1.82, 2.24) is 15.2 Å². The molecule has 1 N–H and O–H groups in total. The largest absolute Gasteiger partial charge is 0.534 e. The van der Waals surface area contributed by atoms with E-state index in [4.69, 9.17) is 18.9 Å². The van der Waals surface area contributed by atoms with E-state index < -0.39 is 63.1 Å². The third kappa shape index (κ3) is 8.29. The smallest absolute Gasteiger partial charge is 0.496 e. The van der Waals surface area contributed by atoms with E-state index in [2.05, 4.69) is 14.5 Å². The molecule has 1 saturated carbocycles. The number of ether oxygens (including phenoxy) is 4. The third-order valence-electron chi connectivity index (χ3n) is 9.49. The molecule has 2 amide bonds. The second-order valence-corrected chi connectivity index (χ2v) is 15.3. The normalized spacial score (nSPS) is 24.1. The summed E-state index contributed by atoms with van der Waals surface area (Å²) in [7, 11) is -3.51. The highest BCUT2D eigenvalue weighted by Gasteiger charge is 2.49. The molecule has 1 saturated heterocycles. The molecule has 276 valence electrons. The zero-order valence-electron chi connectivity index (χ0n) is 28.3. The fourth-order valence-corrected chi connectivity index (χ4v) is 7.29. The second-order valence-electron chi connectivity index (χ2n) is 13.7. The van der Waals surface area contributed by atoms with E-state index in [9.17, 15) is 36.0 Å². The Kier molecular flexibility index (Phi) is 10.9. The average Bonchev–Trinajstić information content (AvgIpc) is 3.48. The number of aryl methyl sites for hydroxylation is 1. The molecule has 2 aromatic rings. The fourth-order valence-electron chi connectivity index (χ4n) is 6.88. The molecule has 1 aromatic heterocycles. The van der Waals surface area contributed by atoms with Crippen molar-refractivity contribution >= 4 is 39.0 Å². The molecule has 2 fully saturated rings. The summed E-state index contributed by atoms with van der Waals surface area (Å²) < 4.78 is 90.6. The number of carbonyl (C=O) groups is 3. The van der Waals surface area contributed by atoms with Crippen molar-refractivity contribution in [2.24, 2.45) is 11.3 Å². The summed E-state index contributed by atoms with van der Waals surface area (Å²) in [5.74, 6) is -2.11. The van der Waals surface area contributed by atoms with Crippen LogP contribution >= 0.6 is 0 Å². The number of carbonyl (C=O) groups excluding carboxylic acids is 3. The van der Waals surface area contributed by atoms with E-state index in [1.807, 2.05) is 13.8 Å². The van der Waals surface area contributed by atoms with E-state index >= 15 is 0 Å². The number of hydrogen-bond acceptors (Lipinski definition) is 11. The number of hydrogen-bond donors (Lipinski definition) is 1. The first-order chi connectivity index (χ1) is 23.5. The van der Waals surface area contributed by atoms with Gasteiger partial charge in [0.05, 0.1) is 32.9 Å². The molecule has 3 aliphatic rings. The number of aromatic nitrogens is 1. The number of nitrogens with one attached hydrogen (secondary N) is 1. The molecule has 2 aliphatic heterocycles. The predicted molar refractivity (Wildman–Crippen MR) is 172 cm³/mol. The van der Waals surface area contributed by atoms with Gasteiger partial charge in [0.1, 0.15) is 29.7 Å². The topological polar surface area (TPSA) is 160 Å². The molecule has 4 bridgehead atoms. The summed E-state index contributed by atoms with van der Waals surface area (Å²) >= 11 is 0. The number of amides is 2. The van der Waals surface area contributed by atoms with E-state index in [0.29, 0.717) is 48.8 Å². The van der Waals surface area contributed by atoms with E-state index in [-0.39, 0.29) is 36.8 Å². The average molecular weight is 730 g/mol. The van der Waals surface area contributed by atoms with Crippen LogP contribution in [0.5, 0.6) is 17.4 Å². The first kappa shape index (κ1) is 37.2. The SMILES string of the molecule is COC(=O)[C@@H]1C[C@@H]2CN1C(=O)[C@H](C1CCCCC1)NC(=O)OCC(C)(C)CCCc1cc3c(cc(OS(=O)(=O)C(F)(F)F)nc3cc1OC)O2. The highest BCUT2D eigenvalue weighted by atomic mass is 32.2. The molecule has 50 heavy (non-hydrogen) atoms. The summed E-state index contributed by atoms with van der Waals surface area (Å²) in [6, 6.07) is 1.95. The number of fused-ring (bicyclic) bond motifs is 3. The van der Waals surface area contributed by atoms with Gasteiger partial charge in [-0.25, -0.2) is 14.6 Å². The van der Waals surface area contributed by atoms with Crippen molar-refractivity contribution in [1.29, 1.82) is 0 Å². The lowest BCUT2D eigenvalue weighted by molar-refractivity contribution is -0.152. The number of alkyl halides is 3. The van der Waals surface area contributed by atoms with Crippen molar-refractivity contribution in [2.45, 2.75) is 95.3 Å². The van der Waals surface area contributed by atoms with Gasteiger partial charge in [-0.05, 0) is 55.1 Å². The minimum Gasteiger partial charge on any atom is -0.496 e. The number of benzene rings is 1. The van der Waals surface area contributed by atoms with Gasteiger partial charge in [0.2, 0.25) is 11.8 Å². The molecule has 0 radical (unpaired) electrons. The lowest BCUT2D eigenvalue weighted by atomic mass is 9.83. The summed E-state index contributed by atoms with van der Waals surface area (Å²) in [4.78, 5) is 45.8. The minimum atomic E-state index is -6.09. The number of nitrogens with zero attached hydrogens (tertiary/aromatic N) is 2. The van der Waals surface area contributed by atoms with Crippen molar-refractivity contribution in [3.8, 4) is 17.4 Å². The number of methoxy groups -OCH3 is 2. The molecule has 1 aromatic carbocycles. The van der Waals surface area contributed by atoms with Crippen LogP contribution in [0.4, 0.5) is 18.0 Å². The van der Waals surface area contributed by atoms with Crippen molar-refractivity contribution in [2.75, 3.05) is 27.4 Å². The monoisotopic (exact) mass is 729 g/mol. The summed E-state index contributed by atoms with van der Waals surface area (Å²) in [6.07, 6.45) is 4.06. The van der Waals surface area contributed by atoms with E-state index in [0.717, 1.165) is 25.3 Å². The molecule has 0 unspecified atom stereocenters. The Morgan fingerprint density at radius 3 is 2.46 bits per heavy atom. The van der Waals surface area contributed by atoms with Crippen LogP contribution < -0.4 is 19.0 Å². The lowest BCUT2D eigenvalue weighted by Crippen LogP contribution is -2.55. The van der Waals surface area contributed by atoms with Crippen LogP contribution in [-0.2, 0) is 35.6 Å². The number of alkyl carbamates (subject to hydrolysis) is 1. The van der Waals surface area contributed by atoms with Gasteiger partial charge in [-0.15, -0.1) is 0 Å². The van der Waals surface area contributed by atoms with Crippen molar-refractivity contribution < 1.29 is 59.1 Å².